The molecular weight excluding hydrogens is 260 g/mol. The predicted molar refractivity (Wildman–Crippen MR) is 78.4 cm³/mol. The molecule has 0 saturated carbocycles. The first-order valence-electron chi connectivity index (χ1n) is 5.80. The summed E-state index contributed by atoms with van der Waals surface area (Å²) in [7, 11) is 1.61. The summed E-state index contributed by atoms with van der Waals surface area (Å²) in [4.78, 5) is 11.2. The lowest BCUT2D eigenvalue weighted by Crippen LogP contribution is -1.88. The van der Waals surface area contributed by atoms with Gasteiger partial charge in [-0.3, -0.25) is 4.79 Å². The predicted octanol–water partition coefficient (Wildman–Crippen LogP) is 4.09. The lowest BCUT2D eigenvalue weighted by atomic mass is 10.0. The summed E-state index contributed by atoms with van der Waals surface area (Å²) in [5.41, 5.74) is 2.34. The highest BCUT2D eigenvalue weighted by Crippen LogP contribution is 2.21. The lowest BCUT2D eigenvalue weighted by molar-refractivity contribution is -0.103. The lowest BCUT2D eigenvalue weighted by Gasteiger charge is -2.03. The molecule has 2 rings (SSSR count). The van der Waals surface area contributed by atoms with Gasteiger partial charge in [-0.25, -0.2) is 0 Å². The number of rotatable bonds is 4. The van der Waals surface area contributed by atoms with Crippen LogP contribution in [-0.4, -0.2) is 13.4 Å². The second-order valence-corrected chi connectivity index (χ2v) is 4.44. The van der Waals surface area contributed by atoms with Gasteiger partial charge < -0.3 is 4.74 Å². The van der Waals surface area contributed by atoms with Crippen molar-refractivity contribution in [3.8, 4) is 5.75 Å². The molecule has 2 aromatic carbocycles. The number of halogens is 1. The third kappa shape index (κ3) is 3.46. The average molecular weight is 273 g/mol. The third-order valence-corrected chi connectivity index (χ3v) is 2.96. The van der Waals surface area contributed by atoms with E-state index < -0.39 is 0 Å². The largest absolute Gasteiger partial charge is 0.497 e. The van der Waals surface area contributed by atoms with Crippen LogP contribution < -0.4 is 4.74 Å². The minimum absolute atomic E-state index is 0.602. The van der Waals surface area contributed by atoms with Crippen LogP contribution in [0.4, 0.5) is 0 Å². The zero-order valence-corrected chi connectivity index (χ0v) is 11.2. The van der Waals surface area contributed by atoms with Gasteiger partial charge in [0, 0.05) is 10.6 Å². The van der Waals surface area contributed by atoms with Crippen molar-refractivity contribution in [2.75, 3.05) is 7.11 Å². The molecule has 0 aliphatic carbocycles. The van der Waals surface area contributed by atoms with Gasteiger partial charge in [0.25, 0.3) is 0 Å². The fourth-order valence-electron chi connectivity index (χ4n) is 1.74. The van der Waals surface area contributed by atoms with E-state index in [1.807, 2.05) is 42.5 Å². The van der Waals surface area contributed by atoms with Gasteiger partial charge in [-0.05, 0) is 41.5 Å². The van der Waals surface area contributed by atoms with Crippen molar-refractivity contribution in [2.24, 2.45) is 0 Å². The molecule has 2 nitrogen and oxygen atoms in total. The number of ether oxygens (including phenoxy) is 1. The first-order valence-corrected chi connectivity index (χ1v) is 6.17. The van der Waals surface area contributed by atoms with Crippen LogP contribution in [0.25, 0.3) is 11.6 Å². The topological polar surface area (TPSA) is 26.3 Å². The van der Waals surface area contributed by atoms with Crippen molar-refractivity contribution in [1.82, 2.24) is 0 Å². The SMILES string of the molecule is COc1ccc(/C(C=O)=C\c2cccc(Cl)c2)cc1. The number of hydrogen-bond donors (Lipinski definition) is 0. The molecule has 0 amide bonds. The molecular formula is C16H13ClO2. The second kappa shape index (κ2) is 6.21. The molecule has 0 radical (unpaired) electrons. The maximum atomic E-state index is 11.2. The molecule has 0 heterocycles. The Morgan fingerprint density at radius 3 is 2.47 bits per heavy atom. The van der Waals surface area contributed by atoms with Gasteiger partial charge in [-0.2, -0.15) is 0 Å². The van der Waals surface area contributed by atoms with E-state index in [-0.39, 0.29) is 0 Å². The first-order chi connectivity index (χ1) is 9.22. The fourth-order valence-corrected chi connectivity index (χ4v) is 1.94. The molecule has 0 atom stereocenters. The van der Waals surface area contributed by atoms with Crippen LogP contribution in [0.1, 0.15) is 11.1 Å². The van der Waals surface area contributed by atoms with Crippen molar-refractivity contribution in [1.29, 1.82) is 0 Å². The number of carbonyl (C=O) groups excluding carboxylic acids is 1. The Hall–Kier alpha value is -2.06. The van der Waals surface area contributed by atoms with Crippen molar-refractivity contribution >= 4 is 29.5 Å². The number of carbonyl (C=O) groups is 1. The minimum Gasteiger partial charge on any atom is -0.497 e. The molecule has 2 aromatic rings. The maximum Gasteiger partial charge on any atom is 0.150 e. The summed E-state index contributed by atoms with van der Waals surface area (Å²) in [6, 6.07) is 14.7. The van der Waals surface area contributed by atoms with Crippen LogP contribution in [0, 0.1) is 0 Å². The van der Waals surface area contributed by atoms with Crippen molar-refractivity contribution in [3.63, 3.8) is 0 Å². The van der Waals surface area contributed by atoms with Gasteiger partial charge in [0.1, 0.15) is 5.75 Å². The Balaban J connectivity index is 2.35. The number of aldehydes is 1. The van der Waals surface area contributed by atoms with Gasteiger partial charge in [-0.15, -0.1) is 0 Å². The van der Waals surface area contributed by atoms with Crippen LogP contribution in [0.5, 0.6) is 5.75 Å². The molecule has 0 saturated heterocycles. The summed E-state index contributed by atoms with van der Waals surface area (Å²) in [5.74, 6) is 0.761. The molecule has 0 N–H and O–H groups in total. The molecule has 19 heavy (non-hydrogen) atoms. The molecule has 0 bridgehead atoms. The van der Waals surface area contributed by atoms with Gasteiger partial charge in [0.15, 0.2) is 6.29 Å². The van der Waals surface area contributed by atoms with Crippen LogP contribution >= 0.6 is 11.6 Å². The summed E-state index contributed by atoms with van der Waals surface area (Å²) in [6.07, 6.45) is 2.64. The molecule has 96 valence electrons. The summed E-state index contributed by atoms with van der Waals surface area (Å²) >= 11 is 5.92. The molecule has 0 fully saturated rings. The zero-order chi connectivity index (χ0) is 13.7. The highest BCUT2D eigenvalue weighted by molar-refractivity contribution is 6.30. The van der Waals surface area contributed by atoms with E-state index in [1.165, 1.54) is 0 Å². The molecule has 0 aromatic heterocycles. The van der Waals surface area contributed by atoms with E-state index in [2.05, 4.69) is 0 Å². The summed E-state index contributed by atoms with van der Waals surface area (Å²) in [6.45, 7) is 0. The monoisotopic (exact) mass is 272 g/mol. The van der Waals surface area contributed by atoms with Gasteiger partial charge in [-0.1, -0.05) is 35.9 Å². The molecule has 0 aliphatic rings. The summed E-state index contributed by atoms with van der Waals surface area (Å²) in [5, 5.41) is 0.647. The average Bonchev–Trinajstić information content (AvgIpc) is 2.45. The third-order valence-electron chi connectivity index (χ3n) is 2.72. The molecule has 0 spiro atoms. The zero-order valence-electron chi connectivity index (χ0n) is 10.5. The highest BCUT2D eigenvalue weighted by Gasteiger charge is 2.01. The van der Waals surface area contributed by atoms with Crippen molar-refractivity contribution in [3.05, 3.63) is 64.7 Å². The minimum atomic E-state index is 0.602. The van der Waals surface area contributed by atoms with E-state index in [1.54, 1.807) is 19.3 Å². The standard InChI is InChI=1S/C16H13ClO2/c1-19-16-7-5-13(6-8-16)14(11-18)9-12-3-2-4-15(17)10-12/h2-11H,1H3/b14-9-. The van der Waals surface area contributed by atoms with Crippen LogP contribution in [-0.2, 0) is 4.79 Å². The fraction of sp³-hybridized carbons (Fsp3) is 0.0625. The first kappa shape index (κ1) is 13.4. The number of benzene rings is 2. The number of allylic oxidation sites excluding steroid dienone is 1. The van der Waals surface area contributed by atoms with Gasteiger partial charge >= 0.3 is 0 Å². The van der Waals surface area contributed by atoms with Crippen molar-refractivity contribution < 1.29 is 9.53 Å². The Bertz CT molecular complexity index is 600. The van der Waals surface area contributed by atoms with Gasteiger partial charge in [0.05, 0.1) is 7.11 Å². The van der Waals surface area contributed by atoms with Crippen LogP contribution in [0.15, 0.2) is 48.5 Å². The summed E-state index contributed by atoms with van der Waals surface area (Å²) < 4.78 is 5.09. The van der Waals surface area contributed by atoms with E-state index >= 15 is 0 Å². The molecule has 0 aliphatic heterocycles. The van der Waals surface area contributed by atoms with Crippen LogP contribution in [0.2, 0.25) is 5.02 Å². The number of hydrogen-bond acceptors (Lipinski definition) is 2. The van der Waals surface area contributed by atoms with Crippen LogP contribution in [0.3, 0.4) is 0 Å². The van der Waals surface area contributed by atoms with Crippen molar-refractivity contribution in [2.45, 2.75) is 0 Å². The Morgan fingerprint density at radius 2 is 1.89 bits per heavy atom. The Labute approximate surface area is 117 Å². The molecule has 3 heteroatoms. The second-order valence-electron chi connectivity index (χ2n) is 4.00. The highest BCUT2D eigenvalue weighted by atomic mass is 35.5. The van der Waals surface area contributed by atoms with Gasteiger partial charge in [0.2, 0.25) is 0 Å². The molecule has 0 unspecified atom stereocenters. The normalized spacial score (nSPS) is 11.2. The smallest absolute Gasteiger partial charge is 0.150 e. The van der Waals surface area contributed by atoms with E-state index in [0.29, 0.717) is 10.6 Å². The number of methoxy groups -OCH3 is 1. The maximum absolute atomic E-state index is 11.2. The van der Waals surface area contributed by atoms with E-state index in [0.717, 1.165) is 23.2 Å². The Kier molecular flexibility index (Phi) is 4.37. The van der Waals surface area contributed by atoms with E-state index in [4.69, 9.17) is 16.3 Å². The Morgan fingerprint density at radius 1 is 1.16 bits per heavy atom. The quantitative estimate of drug-likeness (QED) is 0.476. The van der Waals surface area contributed by atoms with E-state index in [9.17, 15) is 4.79 Å².